The van der Waals surface area contributed by atoms with E-state index in [1.54, 1.807) is 16.4 Å². The molecule has 1 aliphatic rings. The minimum atomic E-state index is -3.41. The van der Waals surface area contributed by atoms with E-state index in [9.17, 15) is 8.42 Å². The predicted molar refractivity (Wildman–Crippen MR) is 116 cm³/mol. The second-order valence-corrected chi connectivity index (χ2v) is 9.32. The summed E-state index contributed by atoms with van der Waals surface area (Å²) in [5.41, 5.74) is 1.06. The molecule has 0 N–H and O–H groups in total. The van der Waals surface area contributed by atoms with E-state index in [0.29, 0.717) is 37.7 Å². The lowest BCUT2D eigenvalue weighted by Crippen LogP contribution is -2.49. The van der Waals surface area contributed by atoms with Gasteiger partial charge in [0.25, 0.3) is 0 Å². The second kappa shape index (κ2) is 8.53. The Kier molecular flexibility index (Phi) is 5.85. The summed E-state index contributed by atoms with van der Waals surface area (Å²) in [5, 5.41) is 2.28. The summed E-state index contributed by atoms with van der Waals surface area (Å²) in [4.78, 5) is 2.63. The SMILES string of the molecule is Cc1ccc(S(=O)(=O)N2CCN(CCOc3cccc4ccccc34)CC2)cc1. The van der Waals surface area contributed by atoms with Crippen LogP contribution in [0.5, 0.6) is 5.75 Å². The predicted octanol–water partition coefficient (Wildman–Crippen LogP) is 3.53. The number of aryl methyl sites for hydroxylation is 1. The number of hydrogen-bond donors (Lipinski definition) is 0. The molecule has 6 heteroatoms. The van der Waals surface area contributed by atoms with E-state index in [-0.39, 0.29) is 0 Å². The van der Waals surface area contributed by atoms with Gasteiger partial charge in [-0.05, 0) is 30.5 Å². The molecule has 0 aromatic heterocycles. The van der Waals surface area contributed by atoms with E-state index in [0.717, 1.165) is 23.2 Å². The first-order chi connectivity index (χ1) is 14.0. The number of piperazine rings is 1. The molecule has 0 saturated carbocycles. The molecule has 0 bridgehead atoms. The Labute approximate surface area is 172 Å². The van der Waals surface area contributed by atoms with Gasteiger partial charge in [0, 0.05) is 38.1 Å². The van der Waals surface area contributed by atoms with Crippen LogP contribution in [-0.4, -0.2) is 57.0 Å². The molecule has 5 nitrogen and oxygen atoms in total. The molecule has 3 aromatic rings. The van der Waals surface area contributed by atoms with Gasteiger partial charge in [-0.25, -0.2) is 8.42 Å². The lowest BCUT2D eigenvalue weighted by atomic mass is 10.1. The van der Waals surface area contributed by atoms with Crippen molar-refractivity contribution in [1.82, 2.24) is 9.21 Å². The summed E-state index contributed by atoms with van der Waals surface area (Å²) in [6.07, 6.45) is 0. The zero-order chi connectivity index (χ0) is 20.3. The quantitative estimate of drug-likeness (QED) is 0.624. The minimum Gasteiger partial charge on any atom is -0.492 e. The Morgan fingerprint density at radius 1 is 0.862 bits per heavy atom. The molecule has 0 radical (unpaired) electrons. The van der Waals surface area contributed by atoms with E-state index in [1.807, 2.05) is 43.3 Å². The summed E-state index contributed by atoms with van der Waals surface area (Å²) in [6.45, 7) is 5.75. The highest BCUT2D eigenvalue weighted by Crippen LogP contribution is 2.25. The van der Waals surface area contributed by atoms with Crippen LogP contribution in [0, 0.1) is 6.92 Å². The van der Waals surface area contributed by atoms with E-state index in [1.165, 1.54) is 5.39 Å². The normalized spacial score (nSPS) is 16.2. The molecule has 152 valence electrons. The number of benzene rings is 3. The van der Waals surface area contributed by atoms with Crippen molar-refractivity contribution in [3.8, 4) is 5.75 Å². The molecule has 0 spiro atoms. The third kappa shape index (κ3) is 4.45. The van der Waals surface area contributed by atoms with Gasteiger partial charge in [-0.15, -0.1) is 0 Å². The molecule has 1 heterocycles. The van der Waals surface area contributed by atoms with Crippen LogP contribution in [0.25, 0.3) is 10.8 Å². The van der Waals surface area contributed by atoms with Crippen molar-refractivity contribution in [2.45, 2.75) is 11.8 Å². The standard InChI is InChI=1S/C23H26N2O3S/c1-19-9-11-21(12-10-19)29(26,27)25-15-13-24(14-16-25)17-18-28-23-8-4-6-20-5-2-3-7-22(20)23/h2-12H,13-18H2,1H3. The first-order valence-electron chi connectivity index (χ1n) is 9.94. The average Bonchev–Trinajstić information content (AvgIpc) is 2.75. The molecule has 0 unspecified atom stereocenters. The number of rotatable bonds is 6. The van der Waals surface area contributed by atoms with Crippen LogP contribution in [0.3, 0.4) is 0 Å². The fraction of sp³-hybridized carbons (Fsp3) is 0.304. The topological polar surface area (TPSA) is 49.9 Å². The van der Waals surface area contributed by atoms with Gasteiger partial charge in [-0.3, -0.25) is 4.90 Å². The fourth-order valence-electron chi connectivity index (χ4n) is 3.66. The highest BCUT2D eigenvalue weighted by atomic mass is 32.2. The van der Waals surface area contributed by atoms with Crippen LogP contribution in [-0.2, 0) is 10.0 Å². The molecule has 29 heavy (non-hydrogen) atoms. The van der Waals surface area contributed by atoms with E-state index in [2.05, 4.69) is 23.1 Å². The molecule has 0 aliphatic carbocycles. The molecule has 4 rings (SSSR count). The maximum absolute atomic E-state index is 12.8. The summed E-state index contributed by atoms with van der Waals surface area (Å²) in [5.74, 6) is 0.892. The van der Waals surface area contributed by atoms with Gasteiger partial charge >= 0.3 is 0 Å². The molecular formula is C23H26N2O3S. The molecule has 0 amide bonds. The summed E-state index contributed by atoms with van der Waals surface area (Å²) < 4.78 is 33.2. The Bertz CT molecular complexity index is 1070. The van der Waals surface area contributed by atoms with Gasteiger partial charge in [0.05, 0.1) is 4.90 Å². The lowest BCUT2D eigenvalue weighted by molar-refractivity contribution is 0.159. The maximum Gasteiger partial charge on any atom is 0.243 e. The number of fused-ring (bicyclic) bond motifs is 1. The molecule has 1 aliphatic heterocycles. The molecule has 0 atom stereocenters. The van der Waals surface area contributed by atoms with Crippen molar-refractivity contribution < 1.29 is 13.2 Å². The van der Waals surface area contributed by atoms with Crippen molar-refractivity contribution >= 4 is 20.8 Å². The largest absolute Gasteiger partial charge is 0.492 e. The van der Waals surface area contributed by atoms with Gasteiger partial charge < -0.3 is 4.74 Å². The Hall–Kier alpha value is -2.41. The highest BCUT2D eigenvalue weighted by Gasteiger charge is 2.28. The smallest absolute Gasteiger partial charge is 0.243 e. The first-order valence-corrected chi connectivity index (χ1v) is 11.4. The van der Waals surface area contributed by atoms with Crippen LogP contribution in [0.1, 0.15) is 5.56 Å². The summed E-state index contributed by atoms with van der Waals surface area (Å²) in [7, 11) is -3.41. The molecule has 1 saturated heterocycles. The van der Waals surface area contributed by atoms with Crippen LogP contribution in [0.4, 0.5) is 0 Å². The Morgan fingerprint density at radius 3 is 2.31 bits per heavy atom. The van der Waals surface area contributed by atoms with Gasteiger partial charge in [-0.1, -0.05) is 54.1 Å². The number of hydrogen-bond acceptors (Lipinski definition) is 4. The molecule has 3 aromatic carbocycles. The number of ether oxygens (including phenoxy) is 1. The van der Waals surface area contributed by atoms with Gasteiger partial charge in [0.2, 0.25) is 10.0 Å². The van der Waals surface area contributed by atoms with Crippen LogP contribution >= 0.6 is 0 Å². The van der Waals surface area contributed by atoms with Crippen molar-refractivity contribution in [2.75, 3.05) is 39.3 Å². The van der Waals surface area contributed by atoms with Crippen molar-refractivity contribution in [3.63, 3.8) is 0 Å². The van der Waals surface area contributed by atoms with Gasteiger partial charge in [0.1, 0.15) is 12.4 Å². The molecule has 1 fully saturated rings. The minimum absolute atomic E-state index is 0.371. The number of nitrogens with zero attached hydrogens (tertiary/aromatic N) is 2. The lowest BCUT2D eigenvalue weighted by Gasteiger charge is -2.33. The second-order valence-electron chi connectivity index (χ2n) is 7.38. The maximum atomic E-state index is 12.8. The highest BCUT2D eigenvalue weighted by molar-refractivity contribution is 7.89. The van der Waals surface area contributed by atoms with Crippen molar-refractivity contribution in [1.29, 1.82) is 0 Å². The Balaban J connectivity index is 1.30. The summed E-state index contributed by atoms with van der Waals surface area (Å²) >= 11 is 0. The van der Waals surface area contributed by atoms with Gasteiger partial charge in [-0.2, -0.15) is 4.31 Å². The summed E-state index contributed by atoms with van der Waals surface area (Å²) in [6, 6.07) is 21.3. The fourth-order valence-corrected chi connectivity index (χ4v) is 5.08. The zero-order valence-electron chi connectivity index (χ0n) is 16.6. The molecular weight excluding hydrogens is 384 g/mol. The Morgan fingerprint density at radius 2 is 1.55 bits per heavy atom. The van der Waals surface area contributed by atoms with Crippen molar-refractivity contribution in [3.05, 3.63) is 72.3 Å². The number of sulfonamides is 1. The van der Waals surface area contributed by atoms with E-state index < -0.39 is 10.0 Å². The van der Waals surface area contributed by atoms with E-state index >= 15 is 0 Å². The zero-order valence-corrected chi connectivity index (χ0v) is 17.4. The van der Waals surface area contributed by atoms with Crippen molar-refractivity contribution in [2.24, 2.45) is 0 Å². The average molecular weight is 411 g/mol. The van der Waals surface area contributed by atoms with E-state index in [4.69, 9.17) is 4.74 Å². The van der Waals surface area contributed by atoms with Crippen LogP contribution < -0.4 is 4.74 Å². The van der Waals surface area contributed by atoms with Crippen LogP contribution in [0.2, 0.25) is 0 Å². The third-order valence-electron chi connectivity index (χ3n) is 5.40. The monoisotopic (exact) mass is 410 g/mol. The van der Waals surface area contributed by atoms with Gasteiger partial charge in [0.15, 0.2) is 0 Å². The third-order valence-corrected chi connectivity index (χ3v) is 7.32. The first kappa shape index (κ1) is 19.9. The van der Waals surface area contributed by atoms with Crippen LogP contribution in [0.15, 0.2) is 71.6 Å².